The maximum atomic E-state index is 13.9. The van der Waals surface area contributed by atoms with Crippen LogP contribution in [0.4, 0.5) is 5.69 Å². The van der Waals surface area contributed by atoms with Gasteiger partial charge >= 0.3 is 5.97 Å². The Morgan fingerprint density at radius 1 is 1.03 bits per heavy atom. The Labute approximate surface area is 227 Å². The summed E-state index contributed by atoms with van der Waals surface area (Å²) in [5, 5.41) is 21.0. The summed E-state index contributed by atoms with van der Waals surface area (Å²) in [5.74, 6) is -2.53. The first-order chi connectivity index (χ1) is 18.7. The average Bonchev–Trinajstić information content (AvgIpc) is 3.47. The molecule has 0 aliphatic carbocycles. The van der Waals surface area contributed by atoms with Gasteiger partial charge in [0.2, 0.25) is 5.78 Å². The van der Waals surface area contributed by atoms with Crippen molar-refractivity contribution in [3.63, 3.8) is 0 Å². The van der Waals surface area contributed by atoms with E-state index in [0.29, 0.717) is 44.3 Å². The first kappa shape index (κ1) is 25.9. The highest BCUT2D eigenvalue weighted by molar-refractivity contribution is 6.31. The number of ketones is 1. The fourth-order valence-corrected chi connectivity index (χ4v) is 4.88. The first-order valence-electron chi connectivity index (χ1n) is 11.7. The van der Waals surface area contributed by atoms with Gasteiger partial charge in [-0.1, -0.05) is 35.9 Å². The van der Waals surface area contributed by atoms with Gasteiger partial charge in [0, 0.05) is 22.2 Å². The molecule has 1 aromatic heterocycles. The molecule has 10 heteroatoms. The molecule has 2 N–H and O–H groups in total. The van der Waals surface area contributed by atoms with Crippen molar-refractivity contribution in [3.05, 3.63) is 100.0 Å². The quantitative estimate of drug-likeness (QED) is 0.276. The van der Waals surface area contributed by atoms with Crippen LogP contribution in [0, 0.1) is 0 Å². The van der Waals surface area contributed by atoms with E-state index in [1.165, 1.54) is 25.2 Å². The Morgan fingerprint density at radius 2 is 1.77 bits per heavy atom. The van der Waals surface area contributed by atoms with E-state index in [-0.39, 0.29) is 17.8 Å². The smallest absolute Gasteiger partial charge is 0.307 e. The first-order valence-corrected chi connectivity index (χ1v) is 12.1. The summed E-state index contributed by atoms with van der Waals surface area (Å²) >= 11 is 6.17. The van der Waals surface area contributed by atoms with Crippen LogP contribution in [0.25, 0.3) is 11.0 Å². The standard InChI is InChI=1S/C29H22ClNO8/c1-37-20-5-3-4-16(12-20)25-24(26(34)21-13-17-11-18(30)14-22(38-2)28(17)39-21)27(35)29(36)31(25)19-8-6-15(7-9-19)10-23(32)33/h3-9,11-14,25,35H,10H2,1-2H3,(H,32,33). The molecule has 198 valence electrons. The molecular weight excluding hydrogens is 526 g/mol. The molecule has 39 heavy (non-hydrogen) atoms. The lowest BCUT2D eigenvalue weighted by atomic mass is 9.94. The van der Waals surface area contributed by atoms with Gasteiger partial charge in [0.1, 0.15) is 5.75 Å². The van der Waals surface area contributed by atoms with E-state index in [1.807, 2.05) is 0 Å². The molecule has 0 saturated heterocycles. The number of Topliss-reactive ketones (excluding diaryl/α,β-unsaturated/α-hetero) is 1. The zero-order chi connectivity index (χ0) is 27.8. The Morgan fingerprint density at radius 3 is 2.44 bits per heavy atom. The molecule has 0 radical (unpaired) electrons. The molecule has 3 aromatic carbocycles. The van der Waals surface area contributed by atoms with Crippen molar-refractivity contribution >= 4 is 45.9 Å². The molecular formula is C29H22ClNO8. The molecule has 1 aliphatic rings. The van der Waals surface area contributed by atoms with E-state index in [0.717, 1.165) is 0 Å². The monoisotopic (exact) mass is 547 g/mol. The topological polar surface area (TPSA) is 127 Å². The number of aliphatic carboxylic acids is 1. The van der Waals surface area contributed by atoms with Gasteiger partial charge in [-0.3, -0.25) is 19.3 Å². The fourth-order valence-electron chi connectivity index (χ4n) is 4.66. The van der Waals surface area contributed by atoms with Gasteiger partial charge in [-0.15, -0.1) is 0 Å². The van der Waals surface area contributed by atoms with Gasteiger partial charge in [0.15, 0.2) is 22.9 Å². The lowest BCUT2D eigenvalue weighted by Crippen LogP contribution is -2.31. The van der Waals surface area contributed by atoms with E-state index in [9.17, 15) is 19.5 Å². The highest BCUT2D eigenvalue weighted by Crippen LogP contribution is 2.43. The fraction of sp³-hybridized carbons (Fsp3) is 0.138. The van der Waals surface area contributed by atoms with Crippen molar-refractivity contribution < 1.29 is 38.5 Å². The number of carboxylic acid groups (broad SMARTS) is 1. The molecule has 4 aromatic rings. The summed E-state index contributed by atoms with van der Waals surface area (Å²) in [6.45, 7) is 0. The van der Waals surface area contributed by atoms with Crippen LogP contribution in [0.3, 0.4) is 0 Å². The minimum Gasteiger partial charge on any atom is -0.503 e. The van der Waals surface area contributed by atoms with Crippen molar-refractivity contribution in [2.75, 3.05) is 19.1 Å². The number of furan rings is 1. The molecule has 5 rings (SSSR count). The SMILES string of the molecule is COc1cccc(C2C(C(=O)c3cc4cc(Cl)cc(OC)c4o3)=C(O)C(=O)N2c2ccc(CC(=O)O)cc2)c1. The lowest BCUT2D eigenvalue weighted by molar-refractivity contribution is -0.136. The van der Waals surface area contributed by atoms with Crippen molar-refractivity contribution in [3.8, 4) is 11.5 Å². The number of nitrogens with zero attached hydrogens (tertiary/aromatic N) is 1. The summed E-state index contributed by atoms with van der Waals surface area (Å²) < 4.78 is 16.5. The largest absolute Gasteiger partial charge is 0.503 e. The second kappa shape index (κ2) is 10.2. The van der Waals surface area contributed by atoms with E-state index in [4.69, 9.17) is 30.6 Å². The Bertz CT molecular complexity index is 1650. The van der Waals surface area contributed by atoms with Crippen molar-refractivity contribution in [2.24, 2.45) is 0 Å². The number of halogens is 1. The van der Waals surface area contributed by atoms with Crippen LogP contribution in [0.15, 0.2) is 82.5 Å². The lowest BCUT2D eigenvalue weighted by Gasteiger charge is -2.27. The van der Waals surface area contributed by atoms with Crippen LogP contribution in [-0.4, -0.2) is 42.1 Å². The number of carbonyl (C=O) groups is 3. The number of aliphatic hydroxyl groups is 1. The molecule has 9 nitrogen and oxygen atoms in total. The van der Waals surface area contributed by atoms with Crippen molar-refractivity contribution in [1.82, 2.24) is 0 Å². The highest BCUT2D eigenvalue weighted by Gasteiger charge is 2.45. The zero-order valence-electron chi connectivity index (χ0n) is 20.8. The van der Waals surface area contributed by atoms with Crippen LogP contribution in [0.2, 0.25) is 5.02 Å². The predicted molar refractivity (Wildman–Crippen MR) is 143 cm³/mol. The maximum absolute atomic E-state index is 13.9. The summed E-state index contributed by atoms with van der Waals surface area (Å²) in [6, 6.07) is 16.7. The van der Waals surface area contributed by atoms with Gasteiger partial charge in [-0.2, -0.15) is 0 Å². The molecule has 2 heterocycles. The van der Waals surface area contributed by atoms with Crippen LogP contribution >= 0.6 is 11.6 Å². The number of carbonyl (C=O) groups excluding carboxylic acids is 2. The number of fused-ring (bicyclic) bond motifs is 1. The third-order valence-corrected chi connectivity index (χ3v) is 6.64. The molecule has 0 bridgehead atoms. The van der Waals surface area contributed by atoms with Crippen LogP contribution in [0.1, 0.15) is 27.7 Å². The van der Waals surface area contributed by atoms with E-state index >= 15 is 0 Å². The summed E-state index contributed by atoms with van der Waals surface area (Å²) in [7, 11) is 2.93. The Kier molecular flexibility index (Phi) is 6.76. The van der Waals surface area contributed by atoms with Gasteiger partial charge in [-0.05, 0) is 47.5 Å². The maximum Gasteiger partial charge on any atom is 0.307 e. The van der Waals surface area contributed by atoms with Crippen molar-refractivity contribution in [2.45, 2.75) is 12.5 Å². The average molecular weight is 548 g/mol. The summed E-state index contributed by atoms with van der Waals surface area (Å²) in [6.07, 6.45) is -0.194. The molecule has 0 spiro atoms. The van der Waals surface area contributed by atoms with Crippen LogP contribution in [0.5, 0.6) is 11.5 Å². The second-order valence-electron chi connectivity index (χ2n) is 8.82. The van der Waals surface area contributed by atoms with Gasteiger partial charge in [-0.25, -0.2) is 0 Å². The highest BCUT2D eigenvalue weighted by atomic mass is 35.5. The number of rotatable bonds is 8. The summed E-state index contributed by atoms with van der Waals surface area (Å²) in [5.41, 5.74) is 1.49. The number of ether oxygens (including phenoxy) is 2. The molecule has 1 aliphatic heterocycles. The number of aliphatic hydroxyl groups excluding tert-OH is 1. The number of methoxy groups -OCH3 is 2. The third-order valence-electron chi connectivity index (χ3n) is 6.42. The minimum absolute atomic E-state index is 0.119. The number of carboxylic acids is 1. The van der Waals surface area contributed by atoms with Crippen molar-refractivity contribution in [1.29, 1.82) is 0 Å². The molecule has 0 fully saturated rings. The van der Waals surface area contributed by atoms with E-state index in [2.05, 4.69) is 0 Å². The number of benzene rings is 3. The van der Waals surface area contributed by atoms with Gasteiger partial charge < -0.3 is 24.1 Å². The summed E-state index contributed by atoms with van der Waals surface area (Å²) in [4.78, 5) is 39.7. The molecule has 1 amide bonds. The number of hydrogen-bond acceptors (Lipinski definition) is 7. The Hall–Kier alpha value is -4.76. The second-order valence-corrected chi connectivity index (χ2v) is 9.26. The third kappa shape index (κ3) is 4.68. The van der Waals surface area contributed by atoms with E-state index in [1.54, 1.807) is 60.7 Å². The Balaban J connectivity index is 1.63. The number of hydrogen-bond donors (Lipinski definition) is 2. The minimum atomic E-state index is -1.04. The van der Waals surface area contributed by atoms with E-state index < -0.39 is 29.5 Å². The number of amides is 1. The number of anilines is 1. The van der Waals surface area contributed by atoms with Gasteiger partial charge in [0.05, 0.1) is 32.3 Å². The molecule has 0 saturated carbocycles. The zero-order valence-corrected chi connectivity index (χ0v) is 21.6. The van der Waals surface area contributed by atoms with Crippen LogP contribution in [-0.2, 0) is 16.0 Å². The molecule has 1 unspecified atom stereocenters. The van der Waals surface area contributed by atoms with Gasteiger partial charge in [0.25, 0.3) is 5.91 Å². The van der Waals surface area contributed by atoms with Crippen LogP contribution < -0.4 is 14.4 Å². The molecule has 1 atom stereocenters. The predicted octanol–water partition coefficient (Wildman–Crippen LogP) is 5.51. The normalized spacial score (nSPS) is 15.2.